The van der Waals surface area contributed by atoms with Gasteiger partial charge in [0.05, 0.1) is 5.39 Å². The maximum absolute atomic E-state index is 12.8. The molecule has 32 heavy (non-hydrogen) atoms. The van der Waals surface area contributed by atoms with Crippen molar-refractivity contribution >= 4 is 27.5 Å². The molecule has 1 N–H and O–H groups in total. The average Bonchev–Trinajstić information content (AvgIpc) is 3.16. The Morgan fingerprint density at radius 3 is 2.75 bits per heavy atom. The minimum atomic E-state index is -0.0426. The molecule has 0 bridgehead atoms. The molecule has 1 aliphatic heterocycles. The number of thiophene rings is 1. The van der Waals surface area contributed by atoms with Gasteiger partial charge in [0.15, 0.2) is 0 Å². The first-order valence-electron chi connectivity index (χ1n) is 11.6. The lowest BCUT2D eigenvalue weighted by molar-refractivity contribution is -0.133. The molecule has 1 aliphatic carbocycles. The molecule has 6 nitrogen and oxygen atoms in total. The van der Waals surface area contributed by atoms with Crippen molar-refractivity contribution in [2.75, 3.05) is 26.2 Å². The van der Waals surface area contributed by atoms with E-state index in [1.165, 1.54) is 16.0 Å². The number of amides is 1. The largest absolute Gasteiger partial charge is 0.340 e. The molecule has 1 fully saturated rings. The number of aromatic nitrogens is 2. The van der Waals surface area contributed by atoms with Crippen LogP contribution in [0.25, 0.3) is 10.2 Å². The molecule has 2 aromatic heterocycles. The minimum Gasteiger partial charge on any atom is -0.340 e. The number of fused-ring (bicyclic) bond motifs is 3. The quantitative estimate of drug-likeness (QED) is 0.647. The SMILES string of the molecule is C[C@H]1CCc2c(sc3nc(CCC(=O)N4CCN(Cc5ccccc5)CC4)[nH]c(=O)c23)C1. The van der Waals surface area contributed by atoms with Crippen molar-refractivity contribution in [3.05, 3.63) is 62.5 Å². The van der Waals surface area contributed by atoms with Gasteiger partial charge >= 0.3 is 0 Å². The number of hydrogen-bond acceptors (Lipinski definition) is 5. The molecule has 3 heterocycles. The summed E-state index contributed by atoms with van der Waals surface area (Å²) in [5, 5.41) is 0.779. The van der Waals surface area contributed by atoms with Crippen molar-refractivity contribution < 1.29 is 4.79 Å². The Bertz CT molecular complexity index is 1160. The summed E-state index contributed by atoms with van der Waals surface area (Å²) in [4.78, 5) is 39.7. The van der Waals surface area contributed by atoms with E-state index in [9.17, 15) is 9.59 Å². The number of benzene rings is 1. The highest BCUT2D eigenvalue weighted by Crippen LogP contribution is 2.35. The highest BCUT2D eigenvalue weighted by atomic mass is 32.1. The van der Waals surface area contributed by atoms with Crippen LogP contribution in [-0.2, 0) is 30.6 Å². The van der Waals surface area contributed by atoms with E-state index in [-0.39, 0.29) is 11.5 Å². The van der Waals surface area contributed by atoms with Crippen LogP contribution >= 0.6 is 11.3 Å². The molecule has 0 spiro atoms. The van der Waals surface area contributed by atoms with Gasteiger partial charge in [-0.05, 0) is 36.3 Å². The normalized spacial score (nSPS) is 19.3. The molecule has 168 valence electrons. The lowest BCUT2D eigenvalue weighted by Gasteiger charge is -2.34. The molecule has 2 aliphatic rings. The predicted octanol–water partition coefficient (Wildman–Crippen LogP) is 3.39. The third kappa shape index (κ3) is 4.50. The molecular formula is C25H30N4O2S. The van der Waals surface area contributed by atoms with E-state index in [4.69, 9.17) is 4.98 Å². The fourth-order valence-electron chi connectivity index (χ4n) is 4.89. The van der Waals surface area contributed by atoms with Crippen molar-refractivity contribution in [3.63, 3.8) is 0 Å². The highest BCUT2D eigenvalue weighted by Gasteiger charge is 2.24. The number of carbonyl (C=O) groups is 1. The first-order chi connectivity index (χ1) is 15.6. The topological polar surface area (TPSA) is 69.3 Å². The van der Waals surface area contributed by atoms with E-state index in [1.807, 2.05) is 11.0 Å². The summed E-state index contributed by atoms with van der Waals surface area (Å²) < 4.78 is 0. The Balaban J connectivity index is 1.18. The van der Waals surface area contributed by atoms with Crippen molar-refractivity contribution in [3.8, 4) is 0 Å². The maximum Gasteiger partial charge on any atom is 0.259 e. The smallest absolute Gasteiger partial charge is 0.259 e. The average molecular weight is 451 g/mol. The Kier molecular flexibility index (Phi) is 6.11. The summed E-state index contributed by atoms with van der Waals surface area (Å²) in [5.41, 5.74) is 2.47. The first kappa shape index (κ1) is 21.3. The van der Waals surface area contributed by atoms with Gasteiger partial charge in [-0.25, -0.2) is 4.98 Å². The summed E-state index contributed by atoms with van der Waals surface area (Å²) >= 11 is 1.66. The second-order valence-electron chi connectivity index (χ2n) is 9.19. The zero-order valence-electron chi connectivity index (χ0n) is 18.6. The van der Waals surface area contributed by atoms with E-state index in [2.05, 4.69) is 41.1 Å². The number of nitrogens with zero attached hydrogens (tertiary/aromatic N) is 3. The number of aryl methyl sites for hydroxylation is 2. The van der Waals surface area contributed by atoms with Gasteiger partial charge in [-0.1, -0.05) is 37.3 Å². The van der Waals surface area contributed by atoms with Crippen molar-refractivity contribution in [2.24, 2.45) is 5.92 Å². The van der Waals surface area contributed by atoms with E-state index < -0.39 is 0 Å². The number of hydrogen-bond donors (Lipinski definition) is 1. The third-order valence-electron chi connectivity index (χ3n) is 6.76. The zero-order valence-corrected chi connectivity index (χ0v) is 19.4. The number of aromatic amines is 1. The van der Waals surface area contributed by atoms with Crippen molar-refractivity contribution in [2.45, 2.75) is 45.6 Å². The second kappa shape index (κ2) is 9.16. The molecule has 0 radical (unpaired) electrons. The van der Waals surface area contributed by atoms with Gasteiger partial charge in [-0.2, -0.15) is 0 Å². The number of H-pyrrole nitrogens is 1. The van der Waals surface area contributed by atoms with Gasteiger partial charge in [-0.3, -0.25) is 14.5 Å². The lowest BCUT2D eigenvalue weighted by Crippen LogP contribution is -2.48. The van der Waals surface area contributed by atoms with Crippen molar-refractivity contribution in [1.29, 1.82) is 0 Å². The van der Waals surface area contributed by atoms with Gasteiger partial charge in [0.25, 0.3) is 5.56 Å². The summed E-state index contributed by atoms with van der Waals surface area (Å²) in [5.74, 6) is 1.44. The van der Waals surface area contributed by atoms with Gasteiger partial charge in [0.1, 0.15) is 10.7 Å². The van der Waals surface area contributed by atoms with Crippen LogP contribution in [0.5, 0.6) is 0 Å². The van der Waals surface area contributed by atoms with E-state index in [0.29, 0.717) is 24.6 Å². The monoisotopic (exact) mass is 450 g/mol. The molecule has 0 saturated carbocycles. The molecule has 0 unspecified atom stereocenters. The number of carbonyl (C=O) groups excluding carboxylic acids is 1. The van der Waals surface area contributed by atoms with Crippen LogP contribution in [0.4, 0.5) is 0 Å². The summed E-state index contributed by atoms with van der Waals surface area (Å²) in [6.07, 6.45) is 4.00. The van der Waals surface area contributed by atoms with E-state index >= 15 is 0 Å². The van der Waals surface area contributed by atoms with Gasteiger partial charge in [-0.15, -0.1) is 11.3 Å². The molecule has 1 atom stereocenters. The van der Waals surface area contributed by atoms with Gasteiger partial charge < -0.3 is 9.88 Å². The summed E-state index contributed by atoms with van der Waals surface area (Å²) in [6.45, 7) is 6.48. The Hall–Kier alpha value is -2.51. The van der Waals surface area contributed by atoms with E-state index in [0.717, 1.165) is 62.2 Å². The highest BCUT2D eigenvalue weighted by molar-refractivity contribution is 7.18. The third-order valence-corrected chi connectivity index (χ3v) is 7.91. The summed E-state index contributed by atoms with van der Waals surface area (Å²) in [6, 6.07) is 10.5. The molecule has 5 rings (SSSR count). The molecular weight excluding hydrogens is 420 g/mol. The summed E-state index contributed by atoms with van der Waals surface area (Å²) in [7, 11) is 0. The second-order valence-corrected chi connectivity index (χ2v) is 10.3. The minimum absolute atomic E-state index is 0.0426. The van der Waals surface area contributed by atoms with Crippen LogP contribution in [0.15, 0.2) is 35.1 Å². The standard InChI is InChI=1S/C25H30N4O2S/c1-17-7-8-19-20(15-17)32-25-23(19)24(31)26-21(27-25)9-10-22(30)29-13-11-28(12-14-29)16-18-5-3-2-4-6-18/h2-6,17H,7-16H2,1H3,(H,26,27,31)/t17-/m0/s1. The van der Waals surface area contributed by atoms with Gasteiger partial charge in [0.2, 0.25) is 5.91 Å². The number of nitrogens with one attached hydrogen (secondary N) is 1. The molecule has 1 saturated heterocycles. The fourth-order valence-corrected chi connectivity index (χ4v) is 6.29. The molecule has 1 aromatic carbocycles. The van der Waals surface area contributed by atoms with Crippen LogP contribution in [-0.4, -0.2) is 51.9 Å². The fraction of sp³-hybridized carbons (Fsp3) is 0.480. The number of rotatable bonds is 5. The maximum atomic E-state index is 12.8. The Morgan fingerprint density at radius 1 is 1.19 bits per heavy atom. The number of piperazine rings is 1. The zero-order chi connectivity index (χ0) is 22.1. The Labute approximate surface area is 192 Å². The first-order valence-corrected chi connectivity index (χ1v) is 12.5. The molecule has 3 aromatic rings. The van der Waals surface area contributed by atoms with Crippen molar-refractivity contribution in [1.82, 2.24) is 19.8 Å². The lowest BCUT2D eigenvalue weighted by atomic mass is 9.89. The molecule has 7 heteroatoms. The van der Waals surface area contributed by atoms with E-state index in [1.54, 1.807) is 11.3 Å². The van der Waals surface area contributed by atoms with Crippen LogP contribution in [0.2, 0.25) is 0 Å². The predicted molar refractivity (Wildman–Crippen MR) is 128 cm³/mol. The van der Waals surface area contributed by atoms with Gasteiger partial charge in [0, 0.05) is 50.4 Å². The van der Waals surface area contributed by atoms with Crippen LogP contribution in [0, 0.1) is 5.92 Å². The Morgan fingerprint density at radius 2 is 1.97 bits per heavy atom. The van der Waals surface area contributed by atoms with Crippen LogP contribution in [0.1, 0.15) is 41.6 Å². The van der Waals surface area contributed by atoms with Crippen LogP contribution in [0.3, 0.4) is 0 Å². The van der Waals surface area contributed by atoms with Crippen LogP contribution < -0.4 is 5.56 Å². The molecule has 1 amide bonds.